The lowest BCUT2D eigenvalue weighted by atomic mass is 9.82. The first-order valence-electron chi connectivity index (χ1n) is 10.3. The molecule has 2 nitrogen and oxygen atoms in total. The molecular formula is C27H29F3O2. The molecule has 1 aliphatic carbocycles. The van der Waals surface area contributed by atoms with Crippen LogP contribution in [-0.4, -0.2) is 18.3 Å². The molecule has 1 fully saturated rings. The Bertz CT molecular complexity index is 990. The molecule has 0 radical (unpaired) electrons. The lowest BCUT2D eigenvalue weighted by Crippen LogP contribution is -2.18. The van der Waals surface area contributed by atoms with Gasteiger partial charge in [-0.25, -0.2) is 13.2 Å². The number of hydrogen-bond acceptors (Lipinski definition) is 2. The van der Waals surface area contributed by atoms with Gasteiger partial charge in [-0.1, -0.05) is 62.8 Å². The van der Waals surface area contributed by atoms with Crippen LogP contribution in [0.2, 0.25) is 0 Å². The SMILES string of the molecule is C=C(/C=C\C(=C)C(=C)/C(F)=C\C(=C)OC)/C=C/c1ccc(C2CCC(O)CC2)c(F)c1F. The number of ether oxygens (including phenoxy) is 1. The number of aliphatic hydroxyl groups is 1. The fourth-order valence-corrected chi connectivity index (χ4v) is 3.41. The Hall–Kier alpha value is -3.05. The maximum atomic E-state index is 14.6. The van der Waals surface area contributed by atoms with Crippen LogP contribution in [0, 0.1) is 11.6 Å². The number of aliphatic hydroxyl groups excluding tert-OH is 1. The number of allylic oxidation sites excluding steroid dienone is 8. The fraction of sp³-hybridized carbons (Fsp3) is 0.259. The highest BCUT2D eigenvalue weighted by atomic mass is 19.2. The highest BCUT2D eigenvalue weighted by molar-refractivity contribution is 5.57. The maximum Gasteiger partial charge on any atom is 0.166 e. The van der Waals surface area contributed by atoms with E-state index in [9.17, 15) is 18.3 Å². The zero-order chi connectivity index (χ0) is 23.8. The molecular weight excluding hydrogens is 413 g/mol. The van der Waals surface area contributed by atoms with Crippen LogP contribution in [0.5, 0.6) is 0 Å². The second-order valence-electron chi connectivity index (χ2n) is 7.79. The molecule has 0 atom stereocenters. The van der Waals surface area contributed by atoms with E-state index in [1.807, 2.05) is 0 Å². The van der Waals surface area contributed by atoms with Crippen LogP contribution < -0.4 is 0 Å². The first-order valence-corrected chi connectivity index (χ1v) is 10.3. The molecule has 0 aromatic heterocycles. The topological polar surface area (TPSA) is 29.5 Å². The van der Waals surface area contributed by atoms with E-state index in [1.165, 1.54) is 31.4 Å². The Labute approximate surface area is 188 Å². The number of halogens is 3. The highest BCUT2D eigenvalue weighted by Crippen LogP contribution is 2.35. The van der Waals surface area contributed by atoms with Crippen molar-refractivity contribution in [3.05, 3.63) is 114 Å². The quantitative estimate of drug-likeness (QED) is 0.323. The monoisotopic (exact) mass is 442 g/mol. The van der Waals surface area contributed by atoms with Crippen molar-refractivity contribution in [3.8, 4) is 0 Å². The van der Waals surface area contributed by atoms with Gasteiger partial charge in [0, 0.05) is 17.2 Å². The second kappa shape index (κ2) is 11.5. The molecule has 0 bridgehead atoms. The molecule has 1 aromatic rings. The number of methoxy groups -OCH3 is 1. The van der Waals surface area contributed by atoms with Crippen LogP contribution in [-0.2, 0) is 4.74 Å². The molecule has 0 saturated heterocycles. The zero-order valence-corrected chi connectivity index (χ0v) is 18.3. The van der Waals surface area contributed by atoms with Gasteiger partial charge in [-0.2, -0.15) is 0 Å². The zero-order valence-electron chi connectivity index (χ0n) is 18.3. The minimum absolute atomic E-state index is 0.0650. The van der Waals surface area contributed by atoms with Crippen molar-refractivity contribution in [2.24, 2.45) is 0 Å². The van der Waals surface area contributed by atoms with Crippen molar-refractivity contribution in [2.75, 3.05) is 7.11 Å². The Morgan fingerprint density at radius 3 is 2.28 bits per heavy atom. The van der Waals surface area contributed by atoms with E-state index in [4.69, 9.17) is 4.74 Å². The van der Waals surface area contributed by atoms with E-state index in [1.54, 1.807) is 12.1 Å². The smallest absolute Gasteiger partial charge is 0.166 e. The van der Waals surface area contributed by atoms with E-state index in [2.05, 4.69) is 26.3 Å². The van der Waals surface area contributed by atoms with Gasteiger partial charge in [0.15, 0.2) is 11.6 Å². The summed E-state index contributed by atoms with van der Waals surface area (Å²) in [5.41, 5.74) is 1.32. The van der Waals surface area contributed by atoms with Gasteiger partial charge in [-0.05, 0) is 48.3 Å². The van der Waals surface area contributed by atoms with Gasteiger partial charge in [0.1, 0.15) is 11.6 Å². The molecule has 1 saturated carbocycles. The Kier molecular flexibility index (Phi) is 9.09. The van der Waals surface area contributed by atoms with Crippen LogP contribution >= 0.6 is 0 Å². The first kappa shape index (κ1) is 25.2. The van der Waals surface area contributed by atoms with E-state index < -0.39 is 17.5 Å². The van der Waals surface area contributed by atoms with Gasteiger partial charge in [-0.15, -0.1) is 0 Å². The van der Waals surface area contributed by atoms with E-state index in [0.717, 1.165) is 6.08 Å². The summed E-state index contributed by atoms with van der Waals surface area (Å²) < 4.78 is 48.0. The van der Waals surface area contributed by atoms with Crippen molar-refractivity contribution in [1.82, 2.24) is 0 Å². The summed E-state index contributed by atoms with van der Waals surface area (Å²) in [5, 5.41) is 9.61. The van der Waals surface area contributed by atoms with Crippen LogP contribution in [0.25, 0.3) is 6.08 Å². The summed E-state index contributed by atoms with van der Waals surface area (Å²) in [7, 11) is 1.38. The largest absolute Gasteiger partial charge is 0.497 e. The summed E-state index contributed by atoms with van der Waals surface area (Å²) in [6.45, 7) is 14.7. The highest BCUT2D eigenvalue weighted by Gasteiger charge is 2.25. The summed E-state index contributed by atoms with van der Waals surface area (Å²) in [5.74, 6) is -2.32. The van der Waals surface area contributed by atoms with Crippen molar-refractivity contribution in [3.63, 3.8) is 0 Å². The summed E-state index contributed by atoms with van der Waals surface area (Å²) in [6.07, 6.45) is 9.26. The average molecular weight is 443 g/mol. The number of rotatable bonds is 9. The first-order chi connectivity index (χ1) is 15.1. The molecule has 0 spiro atoms. The van der Waals surface area contributed by atoms with E-state index in [0.29, 0.717) is 42.4 Å². The van der Waals surface area contributed by atoms with Gasteiger partial charge < -0.3 is 9.84 Å². The van der Waals surface area contributed by atoms with Crippen LogP contribution in [0.3, 0.4) is 0 Å². The molecule has 1 aliphatic rings. The Morgan fingerprint density at radius 2 is 1.66 bits per heavy atom. The third kappa shape index (κ3) is 6.72. The molecule has 2 rings (SSSR count). The predicted octanol–water partition coefficient (Wildman–Crippen LogP) is 7.23. The third-order valence-corrected chi connectivity index (χ3v) is 5.48. The van der Waals surface area contributed by atoms with Gasteiger partial charge in [0.25, 0.3) is 0 Å². The normalized spacial score (nSPS) is 19.3. The molecule has 1 N–H and O–H groups in total. The van der Waals surface area contributed by atoms with Gasteiger partial charge in [0.05, 0.1) is 13.2 Å². The fourth-order valence-electron chi connectivity index (χ4n) is 3.41. The van der Waals surface area contributed by atoms with Gasteiger partial charge in [0.2, 0.25) is 0 Å². The third-order valence-electron chi connectivity index (χ3n) is 5.48. The van der Waals surface area contributed by atoms with Crippen molar-refractivity contribution < 1.29 is 23.0 Å². The van der Waals surface area contributed by atoms with Crippen LogP contribution in [0.4, 0.5) is 13.2 Å². The average Bonchev–Trinajstić information content (AvgIpc) is 2.78. The van der Waals surface area contributed by atoms with Gasteiger partial charge >= 0.3 is 0 Å². The lowest BCUT2D eigenvalue weighted by Gasteiger charge is -2.26. The minimum Gasteiger partial charge on any atom is -0.497 e. The molecule has 32 heavy (non-hydrogen) atoms. The summed E-state index contributed by atoms with van der Waals surface area (Å²) >= 11 is 0. The summed E-state index contributed by atoms with van der Waals surface area (Å²) in [6, 6.07) is 3.14. The van der Waals surface area contributed by atoms with Crippen LogP contribution in [0.1, 0.15) is 42.7 Å². The Morgan fingerprint density at radius 1 is 1.00 bits per heavy atom. The molecule has 0 heterocycles. The van der Waals surface area contributed by atoms with E-state index >= 15 is 0 Å². The standard InChI is InChI=1S/C27H29F3O2/c1-17(6-8-18(2)20(4)25(28)16-19(3)32-5)7-9-22-12-15-24(27(30)26(22)29)21-10-13-23(31)14-11-21/h6-9,12,15-16,21,23,31H,1-4,10-11,13-14H2,5H3/b8-6-,9-7+,25-16+. The molecule has 0 aliphatic heterocycles. The molecule has 0 unspecified atom stereocenters. The van der Waals surface area contributed by atoms with E-state index in [-0.39, 0.29) is 28.9 Å². The predicted molar refractivity (Wildman–Crippen MR) is 125 cm³/mol. The van der Waals surface area contributed by atoms with Crippen molar-refractivity contribution >= 4 is 6.08 Å². The van der Waals surface area contributed by atoms with Crippen LogP contribution in [0.15, 0.2) is 91.1 Å². The molecule has 5 heteroatoms. The van der Waals surface area contributed by atoms with Gasteiger partial charge in [-0.3, -0.25) is 0 Å². The Balaban J connectivity index is 2.04. The second-order valence-corrected chi connectivity index (χ2v) is 7.79. The minimum atomic E-state index is -0.912. The lowest BCUT2D eigenvalue weighted by molar-refractivity contribution is 0.122. The maximum absolute atomic E-state index is 14.6. The number of hydrogen-bond donors (Lipinski definition) is 1. The number of benzene rings is 1. The summed E-state index contributed by atoms with van der Waals surface area (Å²) in [4.78, 5) is 0. The van der Waals surface area contributed by atoms with Crippen molar-refractivity contribution in [2.45, 2.75) is 37.7 Å². The molecule has 170 valence electrons. The van der Waals surface area contributed by atoms with Crippen molar-refractivity contribution in [1.29, 1.82) is 0 Å². The molecule has 1 aromatic carbocycles. The molecule has 0 amide bonds.